The van der Waals surface area contributed by atoms with Gasteiger partial charge in [0, 0.05) is 26.2 Å². The lowest BCUT2D eigenvalue weighted by molar-refractivity contribution is -0.117. The molecule has 9 heteroatoms. The maximum atomic E-state index is 12.2. The summed E-state index contributed by atoms with van der Waals surface area (Å²) in [6.07, 6.45) is 0.832. The molecule has 26 heavy (non-hydrogen) atoms. The largest absolute Gasteiger partial charge is 0.495 e. The minimum Gasteiger partial charge on any atom is -0.495 e. The predicted octanol–water partition coefficient (Wildman–Crippen LogP) is 2.29. The third kappa shape index (κ3) is 5.06. The highest BCUT2D eigenvalue weighted by atomic mass is 35.5. The van der Waals surface area contributed by atoms with Crippen molar-refractivity contribution in [2.45, 2.75) is 13.3 Å². The van der Waals surface area contributed by atoms with Crippen LogP contribution in [0.1, 0.15) is 11.9 Å². The smallest absolute Gasteiger partial charge is 0.240 e. The van der Waals surface area contributed by atoms with Gasteiger partial charge in [0.25, 0.3) is 0 Å². The molecule has 3 rings (SSSR count). The number of aryl methyl sites for hydroxylation is 1. The molecule has 0 unspecified atom stereocenters. The number of hydrogen-bond acceptors (Lipinski definition) is 7. The van der Waals surface area contributed by atoms with Crippen LogP contribution >= 0.6 is 23.7 Å². The zero-order chi connectivity index (χ0) is 17.6. The SMILES string of the molecule is CCc1nnc(NC(=O)CN2CCN(c3ccccc3OC)CC2)s1.Cl. The van der Waals surface area contributed by atoms with Crippen molar-refractivity contribution < 1.29 is 9.53 Å². The average Bonchev–Trinajstić information content (AvgIpc) is 3.09. The fourth-order valence-electron chi connectivity index (χ4n) is 2.85. The lowest BCUT2D eigenvalue weighted by Gasteiger charge is -2.36. The van der Waals surface area contributed by atoms with E-state index in [4.69, 9.17) is 4.74 Å². The van der Waals surface area contributed by atoms with Gasteiger partial charge in [0.05, 0.1) is 19.3 Å². The summed E-state index contributed by atoms with van der Waals surface area (Å²) >= 11 is 1.43. The minimum absolute atomic E-state index is 0. The number of benzene rings is 1. The molecule has 1 saturated heterocycles. The lowest BCUT2D eigenvalue weighted by Crippen LogP contribution is -2.48. The molecular weight excluding hydrogens is 374 g/mol. The first-order valence-electron chi connectivity index (χ1n) is 8.42. The first kappa shape index (κ1) is 20.4. The van der Waals surface area contributed by atoms with Gasteiger partial charge in [-0.2, -0.15) is 0 Å². The van der Waals surface area contributed by atoms with Crippen molar-refractivity contribution in [3.63, 3.8) is 0 Å². The maximum Gasteiger partial charge on any atom is 0.240 e. The maximum absolute atomic E-state index is 12.2. The first-order chi connectivity index (χ1) is 12.2. The van der Waals surface area contributed by atoms with E-state index in [-0.39, 0.29) is 18.3 Å². The van der Waals surface area contributed by atoms with E-state index in [2.05, 4.69) is 31.4 Å². The molecular formula is C17H24ClN5O2S. The fraction of sp³-hybridized carbons (Fsp3) is 0.471. The van der Waals surface area contributed by atoms with E-state index in [1.807, 2.05) is 25.1 Å². The molecule has 2 heterocycles. The molecule has 0 spiro atoms. The number of piperazine rings is 1. The number of ether oxygens (including phenoxy) is 1. The predicted molar refractivity (Wildman–Crippen MR) is 107 cm³/mol. The standard InChI is InChI=1S/C17H23N5O2S.ClH/c1-3-16-19-20-17(25-16)18-15(23)12-21-8-10-22(11-9-21)13-6-4-5-7-14(13)24-2;/h4-7H,3,8-12H2,1-2H3,(H,18,20,23);1H. The minimum atomic E-state index is -0.0375. The molecule has 2 aromatic rings. The Bertz CT molecular complexity index is 719. The van der Waals surface area contributed by atoms with E-state index >= 15 is 0 Å². The van der Waals surface area contributed by atoms with Gasteiger partial charge in [0.2, 0.25) is 11.0 Å². The molecule has 7 nitrogen and oxygen atoms in total. The van der Waals surface area contributed by atoms with Crippen molar-refractivity contribution in [2.75, 3.05) is 50.1 Å². The van der Waals surface area contributed by atoms with Crippen LogP contribution in [0.25, 0.3) is 0 Å². The van der Waals surface area contributed by atoms with E-state index in [0.29, 0.717) is 11.7 Å². The fourth-order valence-corrected chi connectivity index (χ4v) is 3.54. The topological polar surface area (TPSA) is 70.6 Å². The van der Waals surface area contributed by atoms with E-state index in [9.17, 15) is 4.79 Å². The number of carbonyl (C=O) groups excluding carboxylic acids is 1. The van der Waals surface area contributed by atoms with E-state index in [1.54, 1.807) is 7.11 Å². The number of carbonyl (C=O) groups is 1. The first-order valence-corrected chi connectivity index (χ1v) is 9.23. The second-order valence-electron chi connectivity index (χ2n) is 5.84. The van der Waals surface area contributed by atoms with Crippen molar-refractivity contribution in [3.8, 4) is 5.75 Å². The number of halogens is 1. The summed E-state index contributed by atoms with van der Waals surface area (Å²) < 4.78 is 5.44. The van der Waals surface area contributed by atoms with E-state index < -0.39 is 0 Å². The Labute approximate surface area is 163 Å². The number of methoxy groups -OCH3 is 1. The summed E-state index contributed by atoms with van der Waals surface area (Å²) in [5, 5.41) is 12.3. The van der Waals surface area contributed by atoms with Crippen molar-refractivity contribution in [2.24, 2.45) is 0 Å². The van der Waals surface area contributed by atoms with Crippen LogP contribution in [0.4, 0.5) is 10.8 Å². The molecule has 142 valence electrons. The number of nitrogens with one attached hydrogen (secondary N) is 1. The molecule has 0 saturated carbocycles. The van der Waals surface area contributed by atoms with Crippen LogP contribution in [0.3, 0.4) is 0 Å². The molecule has 1 fully saturated rings. The Morgan fingerprint density at radius 3 is 2.62 bits per heavy atom. The third-order valence-corrected chi connectivity index (χ3v) is 5.16. The van der Waals surface area contributed by atoms with Crippen LogP contribution in [0.5, 0.6) is 5.75 Å². The van der Waals surface area contributed by atoms with Gasteiger partial charge in [-0.15, -0.1) is 22.6 Å². The zero-order valence-electron chi connectivity index (χ0n) is 15.0. The lowest BCUT2D eigenvalue weighted by atomic mass is 10.2. The Morgan fingerprint density at radius 1 is 1.23 bits per heavy atom. The summed E-state index contributed by atoms with van der Waals surface area (Å²) in [5.41, 5.74) is 1.11. The molecule has 0 radical (unpaired) electrons. The summed E-state index contributed by atoms with van der Waals surface area (Å²) in [6.45, 7) is 5.80. The van der Waals surface area contributed by atoms with Crippen LogP contribution in [-0.2, 0) is 11.2 Å². The summed E-state index contributed by atoms with van der Waals surface area (Å²) in [4.78, 5) is 16.6. The number of para-hydroxylation sites is 2. The number of aromatic nitrogens is 2. The molecule has 1 aliphatic rings. The van der Waals surface area contributed by atoms with E-state index in [0.717, 1.165) is 49.0 Å². The number of anilines is 2. The Kier molecular flexibility index (Phi) is 7.62. The monoisotopic (exact) mass is 397 g/mol. The molecule has 1 aromatic heterocycles. The highest BCUT2D eigenvalue weighted by molar-refractivity contribution is 7.15. The second-order valence-corrected chi connectivity index (χ2v) is 6.90. The second kappa shape index (κ2) is 9.70. The number of hydrogen-bond donors (Lipinski definition) is 1. The van der Waals surface area contributed by atoms with Crippen LogP contribution in [0, 0.1) is 0 Å². The zero-order valence-corrected chi connectivity index (χ0v) is 16.6. The van der Waals surface area contributed by atoms with Crippen molar-refractivity contribution >= 4 is 40.5 Å². The molecule has 0 bridgehead atoms. The van der Waals surface area contributed by atoms with Gasteiger partial charge in [0.1, 0.15) is 10.8 Å². The summed E-state index contributed by atoms with van der Waals surface area (Å²) in [5.74, 6) is 0.848. The number of nitrogens with zero attached hydrogens (tertiary/aromatic N) is 4. The van der Waals surface area contributed by atoms with Gasteiger partial charge in [-0.05, 0) is 18.6 Å². The van der Waals surface area contributed by atoms with Crippen LogP contribution in [-0.4, -0.2) is 60.8 Å². The summed E-state index contributed by atoms with van der Waals surface area (Å²) in [7, 11) is 1.69. The molecule has 1 aromatic carbocycles. The average molecular weight is 398 g/mol. The molecule has 1 amide bonds. The highest BCUT2D eigenvalue weighted by Crippen LogP contribution is 2.28. The molecule has 1 N–H and O–H groups in total. The van der Waals surface area contributed by atoms with Crippen LogP contribution < -0.4 is 15.0 Å². The van der Waals surface area contributed by atoms with Crippen LogP contribution in [0.15, 0.2) is 24.3 Å². The van der Waals surface area contributed by atoms with Gasteiger partial charge in [-0.25, -0.2) is 0 Å². The normalized spacial score (nSPS) is 14.6. The van der Waals surface area contributed by atoms with Gasteiger partial charge >= 0.3 is 0 Å². The quantitative estimate of drug-likeness (QED) is 0.806. The Balaban J connectivity index is 0.00000243. The Morgan fingerprint density at radius 2 is 1.96 bits per heavy atom. The van der Waals surface area contributed by atoms with Crippen molar-refractivity contribution in [1.82, 2.24) is 15.1 Å². The summed E-state index contributed by atoms with van der Waals surface area (Å²) in [6, 6.07) is 8.04. The molecule has 0 aliphatic carbocycles. The third-order valence-electron chi connectivity index (χ3n) is 4.18. The van der Waals surface area contributed by atoms with Crippen molar-refractivity contribution in [1.29, 1.82) is 0 Å². The molecule has 1 aliphatic heterocycles. The number of rotatable bonds is 6. The van der Waals surface area contributed by atoms with Gasteiger partial charge < -0.3 is 9.64 Å². The van der Waals surface area contributed by atoms with Gasteiger partial charge in [-0.1, -0.05) is 30.4 Å². The number of amides is 1. The van der Waals surface area contributed by atoms with Crippen LogP contribution in [0.2, 0.25) is 0 Å². The van der Waals surface area contributed by atoms with Gasteiger partial charge in [0.15, 0.2) is 0 Å². The Hall–Kier alpha value is -1.90. The van der Waals surface area contributed by atoms with Gasteiger partial charge in [-0.3, -0.25) is 15.0 Å². The highest BCUT2D eigenvalue weighted by Gasteiger charge is 2.21. The molecule has 0 atom stereocenters. The van der Waals surface area contributed by atoms with Crippen molar-refractivity contribution in [3.05, 3.63) is 29.3 Å². The van der Waals surface area contributed by atoms with E-state index in [1.165, 1.54) is 11.3 Å².